The first kappa shape index (κ1) is 26.2. The first-order chi connectivity index (χ1) is 15.8. The Morgan fingerprint density at radius 2 is 1.03 bits per heavy atom. The van der Waals surface area contributed by atoms with Gasteiger partial charge >= 0.3 is 10.1 Å². The Labute approximate surface area is 197 Å². The highest BCUT2D eigenvalue weighted by Gasteiger charge is 2.46. The molecule has 0 bridgehead atoms. The number of aryl methyl sites for hydroxylation is 2. The van der Waals surface area contributed by atoms with Crippen LogP contribution in [0.2, 0.25) is 0 Å². The molecule has 0 atom stereocenters. The second-order valence-corrected chi connectivity index (χ2v) is 13.0. The van der Waals surface area contributed by atoms with E-state index in [1.54, 1.807) is 48.5 Å². The lowest BCUT2D eigenvalue weighted by Gasteiger charge is -2.36. The van der Waals surface area contributed by atoms with Crippen LogP contribution < -0.4 is 0 Å². The molecule has 0 heterocycles. The van der Waals surface area contributed by atoms with Crippen LogP contribution in [-0.2, 0) is 10.1 Å². The number of benzene rings is 3. The van der Waals surface area contributed by atoms with Crippen LogP contribution in [-0.4, -0.2) is 17.8 Å². The van der Waals surface area contributed by atoms with E-state index < -0.39 is 54.4 Å². The van der Waals surface area contributed by atoms with Crippen LogP contribution in [0.25, 0.3) is 0 Å². The molecular weight excluding hydrogens is 495 g/mol. The van der Waals surface area contributed by atoms with Gasteiger partial charge in [-0.3, -0.25) is 3.63 Å². The van der Waals surface area contributed by atoms with E-state index >= 15 is 0 Å². The lowest BCUT2D eigenvalue weighted by atomic mass is 10.2. The van der Waals surface area contributed by atoms with Crippen LogP contribution in [0.5, 0.6) is 0 Å². The van der Waals surface area contributed by atoms with Crippen LogP contribution in [0, 0.1) is 48.9 Å². The highest BCUT2D eigenvalue weighted by molar-refractivity contribution is 8.32. The molecule has 1 N–H and O–H groups in total. The minimum absolute atomic E-state index is 0.132. The van der Waals surface area contributed by atoms with Gasteiger partial charge in [0.1, 0.15) is 0 Å². The summed E-state index contributed by atoms with van der Waals surface area (Å²) in [5, 5.41) is 0. The molecule has 3 rings (SSSR count). The molecular formula is C24H24F5O3S2+. The fourth-order valence-electron chi connectivity index (χ4n) is 3.47. The summed E-state index contributed by atoms with van der Waals surface area (Å²) in [4.78, 5) is -1.00. The molecule has 0 aromatic heterocycles. The summed E-state index contributed by atoms with van der Waals surface area (Å²) in [6.45, 7) is 7.31. The van der Waals surface area contributed by atoms with Crippen molar-refractivity contribution in [1.29, 1.82) is 0 Å². The average Bonchev–Trinajstić information content (AvgIpc) is 2.76. The zero-order valence-corrected chi connectivity index (χ0v) is 20.5. The van der Waals surface area contributed by atoms with Crippen molar-refractivity contribution in [3.05, 3.63) is 88.7 Å². The van der Waals surface area contributed by atoms with Crippen molar-refractivity contribution in [2.45, 2.75) is 42.4 Å². The smallest absolute Gasteiger partial charge is 0.261 e. The van der Waals surface area contributed by atoms with Gasteiger partial charge in [0.2, 0.25) is 10.7 Å². The van der Waals surface area contributed by atoms with E-state index in [0.29, 0.717) is 9.79 Å². The molecule has 3 aromatic carbocycles. The van der Waals surface area contributed by atoms with E-state index in [9.17, 15) is 30.4 Å². The topological polar surface area (TPSA) is 46.9 Å². The molecule has 0 saturated heterocycles. The van der Waals surface area contributed by atoms with E-state index in [4.69, 9.17) is 0 Å². The molecule has 0 aliphatic carbocycles. The van der Waals surface area contributed by atoms with E-state index in [1.165, 1.54) is 0 Å². The van der Waals surface area contributed by atoms with Gasteiger partial charge in [0.25, 0.3) is 0 Å². The van der Waals surface area contributed by atoms with E-state index in [-0.39, 0.29) is 11.7 Å². The van der Waals surface area contributed by atoms with Gasteiger partial charge in [0, 0.05) is 10.3 Å². The second kappa shape index (κ2) is 9.67. The normalized spacial score (nSPS) is 12.9. The summed E-state index contributed by atoms with van der Waals surface area (Å²) in [7, 11) is -8.23. The minimum Gasteiger partial charge on any atom is -0.261 e. The molecule has 0 saturated carbocycles. The van der Waals surface area contributed by atoms with Crippen molar-refractivity contribution < 1.29 is 34.0 Å². The molecule has 0 amide bonds. The molecule has 0 fully saturated rings. The van der Waals surface area contributed by atoms with E-state index in [1.807, 2.05) is 27.7 Å². The average molecular weight is 520 g/mol. The van der Waals surface area contributed by atoms with Crippen molar-refractivity contribution in [3.8, 4) is 0 Å². The summed E-state index contributed by atoms with van der Waals surface area (Å²) >= 11 is 0. The molecule has 0 unspecified atom stereocenters. The molecule has 3 nitrogen and oxygen atoms in total. The summed E-state index contributed by atoms with van der Waals surface area (Å²) < 4.78 is 101. The zero-order chi connectivity index (χ0) is 25.4. The highest BCUT2D eigenvalue weighted by atomic mass is 32.3. The third kappa shape index (κ3) is 4.85. The lowest BCUT2D eigenvalue weighted by molar-refractivity contribution is 0.338. The first-order valence-corrected chi connectivity index (χ1v) is 13.4. The number of hydrogen-bond donors (Lipinski definition) is 0. The van der Waals surface area contributed by atoms with E-state index in [0.717, 1.165) is 11.1 Å². The third-order valence-corrected chi connectivity index (χ3v) is 11.0. The van der Waals surface area contributed by atoms with E-state index in [2.05, 4.69) is 3.63 Å². The lowest BCUT2D eigenvalue weighted by Crippen LogP contribution is -2.25. The minimum atomic E-state index is -5.34. The van der Waals surface area contributed by atoms with Crippen molar-refractivity contribution >= 4 is 20.4 Å². The maximum atomic E-state index is 14.5. The molecule has 0 spiro atoms. The number of halogens is 5. The second-order valence-electron chi connectivity index (χ2n) is 8.34. The summed E-state index contributed by atoms with van der Waals surface area (Å²) in [6.07, 6.45) is 0. The molecule has 3 aromatic rings. The van der Waals surface area contributed by atoms with Crippen molar-refractivity contribution in [2.75, 3.05) is 5.75 Å². The number of hydrogen-bond acceptors (Lipinski definition) is 2. The van der Waals surface area contributed by atoms with Crippen LogP contribution >= 0.6 is 10.3 Å². The highest BCUT2D eigenvalue weighted by Crippen LogP contribution is 2.64. The molecule has 34 heavy (non-hydrogen) atoms. The molecule has 10 heteroatoms. The van der Waals surface area contributed by atoms with Crippen LogP contribution in [0.1, 0.15) is 25.0 Å². The van der Waals surface area contributed by atoms with Gasteiger partial charge in [0.15, 0.2) is 23.3 Å². The maximum absolute atomic E-state index is 14.5. The predicted octanol–water partition coefficient (Wildman–Crippen LogP) is 7.28. The Balaban J connectivity index is 2.33. The van der Waals surface area contributed by atoms with Gasteiger partial charge in [-0.2, -0.15) is 0 Å². The Morgan fingerprint density at radius 3 is 1.38 bits per heavy atom. The largest absolute Gasteiger partial charge is 0.428 e. The molecule has 0 aliphatic heterocycles. The van der Waals surface area contributed by atoms with Crippen LogP contribution in [0.3, 0.4) is 0 Å². The standard InChI is InChI=1S/C24H23F5O3S2/c1-14(2)13-33(17-9-5-15(3)6-10-17,18-11-7-16(4)8-12-18)32-34(30,31)24-22(28)20(26)19(25)21(27)23(24)29/h5-12,14H,13H2,1-4H3/p+1. The number of rotatable bonds is 7. The Morgan fingerprint density at radius 1 is 0.676 bits per heavy atom. The van der Waals surface area contributed by atoms with Gasteiger partial charge in [0.05, 0.1) is 15.5 Å². The fourth-order valence-corrected chi connectivity index (χ4v) is 9.47. The van der Waals surface area contributed by atoms with Crippen LogP contribution in [0.15, 0.2) is 63.2 Å². The zero-order valence-electron chi connectivity index (χ0n) is 18.9. The van der Waals surface area contributed by atoms with Crippen molar-refractivity contribution in [2.24, 2.45) is 5.92 Å². The maximum Gasteiger partial charge on any atom is 0.428 e. The van der Waals surface area contributed by atoms with Gasteiger partial charge in [-0.25, -0.2) is 22.0 Å². The quantitative estimate of drug-likeness (QED) is 0.108. The summed E-state index contributed by atoms with van der Waals surface area (Å²) in [5.74, 6) is -12.0. The van der Waals surface area contributed by atoms with Gasteiger partial charge in [-0.1, -0.05) is 49.2 Å². The Hall–Kier alpha value is -2.43. The van der Waals surface area contributed by atoms with Crippen molar-refractivity contribution in [1.82, 2.24) is 0 Å². The monoisotopic (exact) mass is 519 g/mol. The molecule has 0 radical (unpaired) electrons. The van der Waals surface area contributed by atoms with Gasteiger partial charge < -0.3 is 0 Å². The third-order valence-electron chi connectivity index (χ3n) is 5.05. The predicted molar refractivity (Wildman–Crippen MR) is 122 cm³/mol. The van der Waals surface area contributed by atoms with Gasteiger partial charge in [-0.05, 0) is 44.0 Å². The SMILES string of the molecule is Cc1ccc(S(CC(C)C)([OH+]S(=O)(=O)c2c(F)c(F)c(F)c(F)c2F)c2ccc(C)cc2)cc1. The Bertz CT molecular complexity index is 1230. The Kier molecular flexibility index (Phi) is 7.45. The summed E-state index contributed by atoms with van der Waals surface area (Å²) in [5.41, 5.74) is 1.77. The fraction of sp³-hybridized carbons (Fsp3) is 0.250. The first-order valence-electron chi connectivity index (χ1n) is 10.3. The molecule has 184 valence electrons. The van der Waals surface area contributed by atoms with Crippen LogP contribution in [0.4, 0.5) is 22.0 Å². The molecule has 0 aliphatic rings. The summed E-state index contributed by atoms with van der Waals surface area (Å²) in [6, 6.07) is 13.7. The van der Waals surface area contributed by atoms with Crippen molar-refractivity contribution in [3.63, 3.8) is 0 Å². The van der Waals surface area contributed by atoms with Gasteiger partial charge in [-0.15, -0.1) is 8.42 Å².